The summed E-state index contributed by atoms with van der Waals surface area (Å²) in [5.41, 5.74) is 0.479. The van der Waals surface area contributed by atoms with Gasteiger partial charge in [0.2, 0.25) is 11.8 Å². The van der Waals surface area contributed by atoms with E-state index < -0.39 is 0 Å². The highest BCUT2D eigenvalue weighted by Crippen LogP contribution is 2.08. The van der Waals surface area contributed by atoms with Crippen LogP contribution in [0.25, 0.3) is 0 Å². The fourth-order valence-electron chi connectivity index (χ4n) is 1.76. The highest BCUT2D eigenvalue weighted by molar-refractivity contribution is 5.94. The Morgan fingerprint density at radius 2 is 2.39 bits per heavy atom. The number of nitrogens with zero attached hydrogens (tertiary/aromatic N) is 1. The predicted molar refractivity (Wildman–Crippen MR) is 64.3 cm³/mol. The molecule has 18 heavy (non-hydrogen) atoms. The Bertz CT molecular complexity index is 434. The Balaban J connectivity index is 1.92. The first-order valence-electron chi connectivity index (χ1n) is 5.76. The molecule has 2 N–H and O–H groups in total. The molecule has 1 fully saturated rings. The topological polar surface area (TPSA) is 80.3 Å². The molecule has 0 aromatic carbocycles. The first kappa shape index (κ1) is 12.3. The second kappa shape index (κ2) is 5.48. The van der Waals surface area contributed by atoms with Gasteiger partial charge in [-0.1, -0.05) is 0 Å². The standard InChI is InChI=1S/C12H15N3O3/c1-18-11-5-2-8(6-14-11)12(17)15-9-3-4-10(16)13-7-9/h2,5-6,9H,3-4,7H2,1H3,(H,13,16)(H,15,17). The lowest BCUT2D eigenvalue weighted by Crippen LogP contribution is -2.47. The van der Waals surface area contributed by atoms with Crippen LogP contribution in [-0.2, 0) is 4.79 Å². The van der Waals surface area contributed by atoms with Crippen LogP contribution in [-0.4, -0.2) is 36.5 Å². The summed E-state index contributed by atoms with van der Waals surface area (Å²) in [4.78, 5) is 26.8. The summed E-state index contributed by atoms with van der Waals surface area (Å²) in [6, 6.07) is 3.28. The predicted octanol–water partition coefficient (Wildman–Crippen LogP) is 0.0986. The fraction of sp³-hybridized carbons (Fsp3) is 0.417. The van der Waals surface area contributed by atoms with Crippen molar-refractivity contribution in [2.24, 2.45) is 0 Å². The number of hydrogen-bond acceptors (Lipinski definition) is 4. The highest BCUT2D eigenvalue weighted by Gasteiger charge is 2.20. The van der Waals surface area contributed by atoms with E-state index in [1.165, 1.54) is 13.3 Å². The van der Waals surface area contributed by atoms with E-state index in [2.05, 4.69) is 15.6 Å². The summed E-state index contributed by atoms with van der Waals surface area (Å²) in [6.07, 6.45) is 2.59. The molecule has 6 nitrogen and oxygen atoms in total. The zero-order chi connectivity index (χ0) is 13.0. The van der Waals surface area contributed by atoms with Gasteiger partial charge < -0.3 is 15.4 Å². The molecule has 6 heteroatoms. The second-order valence-corrected chi connectivity index (χ2v) is 4.10. The molecule has 1 aromatic heterocycles. The van der Waals surface area contributed by atoms with Gasteiger partial charge in [-0.15, -0.1) is 0 Å². The molecule has 1 aliphatic heterocycles. The minimum Gasteiger partial charge on any atom is -0.481 e. The molecule has 1 aromatic rings. The quantitative estimate of drug-likeness (QED) is 0.796. The lowest BCUT2D eigenvalue weighted by atomic mass is 10.1. The molecule has 0 bridgehead atoms. The van der Waals surface area contributed by atoms with Gasteiger partial charge >= 0.3 is 0 Å². The molecule has 0 saturated carbocycles. The average Bonchev–Trinajstić information content (AvgIpc) is 2.41. The van der Waals surface area contributed by atoms with Gasteiger partial charge in [0.25, 0.3) is 5.91 Å². The number of methoxy groups -OCH3 is 1. The van der Waals surface area contributed by atoms with E-state index in [1.807, 2.05) is 0 Å². The van der Waals surface area contributed by atoms with E-state index in [9.17, 15) is 9.59 Å². The molecule has 0 radical (unpaired) electrons. The van der Waals surface area contributed by atoms with Crippen molar-refractivity contribution in [1.82, 2.24) is 15.6 Å². The molecule has 0 spiro atoms. The van der Waals surface area contributed by atoms with Crippen LogP contribution in [0.2, 0.25) is 0 Å². The Hall–Kier alpha value is -2.11. The van der Waals surface area contributed by atoms with Crippen molar-refractivity contribution in [2.75, 3.05) is 13.7 Å². The SMILES string of the molecule is COc1ccc(C(=O)NC2CCC(=O)NC2)cn1. The Kier molecular flexibility index (Phi) is 3.76. The first-order valence-corrected chi connectivity index (χ1v) is 5.76. The third-order valence-electron chi connectivity index (χ3n) is 2.81. The third kappa shape index (κ3) is 2.97. The number of ether oxygens (including phenoxy) is 1. The molecule has 1 atom stereocenters. The van der Waals surface area contributed by atoms with Gasteiger partial charge in [-0.05, 0) is 12.5 Å². The molecular weight excluding hydrogens is 234 g/mol. The van der Waals surface area contributed by atoms with E-state index in [-0.39, 0.29) is 17.9 Å². The van der Waals surface area contributed by atoms with Gasteiger partial charge in [-0.2, -0.15) is 0 Å². The smallest absolute Gasteiger partial charge is 0.253 e. The number of carbonyl (C=O) groups is 2. The van der Waals surface area contributed by atoms with Crippen LogP contribution in [0.1, 0.15) is 23.2 Å². The average molecular weight is 249 g/mol. The molecular formula is C12H15N3O3. The molecule has 0 aliphatic carbocycles. The summed E-state index contributed by atoms with van der Waals surface area (Å²) in [5.74, 6) is 0.314. The monoisotopic (exact) mass is 249 g/mol. The van der Waals surface area contributed by atoms with Gasteiger partial charge in [0.1, 0.15) is 0 Å². The van der Waals surface area contributed by atoms with Crippen LogP contribution < -0.4 is 15.4 Å². The summed E-state index contributed by atoms with van der Waals surface area (Å²) in [5, 5.41) is 5.58. The normalized spacial score (nSPS) is 18.9. The van der Waals surface area contributed by atoms with Gasteiger partial charge in [0, 0.05) is 31.3 Å². The second-order valence-electron chi connectivity index (χ2n) is 4.10. The molecule has 1 unspecified atom stereocenters. The number of carbonyl (C=O) groups excluding carboxylic acids is 2. The zero-order valence-corrected chi connectivity index (χ0v) is 10.1. The maximum Gasteiger partial charge on any atom is 0.253 e. The summed E-state index contributed by atoms with van der Waals surface area (Å²) >= 11 is 0. The summed E-state index contributed by atoms with van der Waals surface area (Å²) in [7, 11) is 1.52. The Labute approximate surface area is 105 Å². The van der Waals surface area contributed by atoms with Crippen molar-refractivity contribution in [3.63, 3.8) is 0 Å². The Morgan fingerprint density at radius 1 is 1.56 bits per heavy atom. The zero-order valence-electron chi connectivity index (χ0n) is 10.1. The van der Waals surface area contributed by atoms with Crippen LogP contribution >= 0.6 is 0 Å². The molecule has 2 rings (SSSR count). The van der Waals surface area contributed by atoms with E-state index in [1.54, 1.807) is 12.1 Å². The maximum atomic E-state index is 11.9. The van der Waals surface area contributed by atoms with Crippen LogP contribution in [0.5, 0.6) is 5.88 Å². The number of pyridine rings is 1. The van der Waals surface area contributed by atoms with Gasteiger partial charge in [-0.25, -0.2) is 4.98 Å². The van der Waals surface area contributed by atoms with E-state index in [0.29, 0.717) is 30.8 Å². The number of hydrogen-bond donors (Lipinski definition) is 2. The van der Waals surface area contributed by atoms with Crippen LogP contribution in [0, 0.1) is 0 Å². The maximum absolute atomic E-state index is 11.9. The van der Waals surface area contributed by atoms with Crippen molar-refractivity contribution in [3.8, 4) is 5.88 Å². The molecule has 1 aliphatic rings. The lowest BCUT2D eigenvalue weighted by Gasteiger charge is -2.23. The molecule has 96 valence electrons. The minimum atomic E-state index is -0.189. The molecule has 2 heterocycles. The van der Waals surface area contributed by atoms with Gasteiger partial charge in [0.05, 0.1) is 12.7 Å². The number of piperidine rings is 1. The number of rotatable bonds is 3. The first-order chi connectivity index (χ1) is 8.69. The van der Waals surface area contributed by atoms with Crippen LogP contribution in [0.3, 0.4) is 0 Å². The fourth-order valence-corrected chi connectivity index (χ4v) is 1.76. The van der Waals surface area contributed by atoms with Crippen molar-refractivity contribution in [3.05, 3.63) is 23.9 Å². The van der Waals surface area contributed by atoms with Crippen molar-refractivity contribution < 1.29 is 14.3 Å². The van der Waals surface area contributed by atoms with Crippen molar-refractivity contribution in [2.45, 2.75) is 18.9 Å². The minimum absolute atomic E-state index is 0.0164. The summed E-state index contributed by atoms with van der Waals surface area (Å²) in [6.45, 7) is 0.480. The molecule has 2 amide bonds. The van der Waals surface area contributed by atoms with Crippen LogP contribution in [0.15, 0.2) is 18.3 Å². The van der Waals surface area contributed by atoms with Crippen LogP contribution in [0.4, 0.5) is 0 Å². The molecule has 1 saturated heterocycles. The Morgan fingerprint density at radius 3 is 2.94 bits per heavy atom. The summed E-state index contributed by atoms with van der Waals surface area (Å²) < 4.78 is 4.92. The number of nitrogens with one attached hydrogen (secondary N) is 2. The van der Waals surface area contributed by atoms with Crippen molar-refractivity contribution in [1.29, 1.82) is 0 Å². The van der Waals surface area contributed by atoms with Gasteiger partial charge in [0.15, 0.2) is 0 Å². The van der Waals surface area contributed by atoms with Gasteiger partial charge in [-0.3, -0.25) is 9.59 Å². The van der Waals surface area contributed by atoms with Crippen molar-refractivity contribution >= 4 is 11.8 Å². The van der Waals surface area contributed by atoms with E-state index >= 15 is 0 Å². The number of aromatic nitrogens is 1. The number of amides is 2. The highest BCUT2D eigenvalue weighted by atomic mass is 16.5. The largest absolute Gasteiger partial charge is 0.481 e. The van der Waals surface area contributed by atoms with E-state index in [0.717, 1.165) is 0 Å². The lowest BCUT2D eigenvalue weighted by molar-refractivity contribution is -0.122. The third-order valence-corrected chi connectivity index (χ3v) is 2.81. The van der Waals surface area contributed by atoms with E-state index in [4.69, 9.17) is 4.74 Å².